The Labute approximate surface area is 93.6 Å². The average molecular weight is 265 g/mol. The van der Waals surface area contributed by atoms with Gasteiger partial charge in [-0.15, -0.1) is 9.42 Å². The molecule has 0 aliphatic rings. The van der Waals surface area contributed by atoms with E-state index in [-0.39, 0.29) is 11.5 Å². The Bertz CT molecular complexity index is 466. The zero-order valence-electron chi connectivity index (χ0n) is 8.11. The predicted octanol–water partition coefficient (Wildman–Crippen LogP) is 1.14. The summed E-state index contributed by atoms with van der Waals surface area (Å²) in [6, 6.07) is 5.50. The van der Waals surface area contributed by atoms with Crippen molar-refractivity contribution in [3.63, 3.8) is 0 Å². The van der Waals surface area contributed by atoms with E-state index in [0.29, 0.717) is 6.42 Å². The van der Waals surface area contributed by atoms with E-state index in [4.69, 9.17) is 9.45 Å². The monoisotopic (exact) mass is 265 g/mol. The summed E-state index contributed by atoms with van der Waals surface area (Å²) in [7, 11) is -6.78. The van der Waals surface area contributed by atoms with Crippen molar-refractivity contribution in [2.45, 2.75) is 11.3 Å². The van der Waals surface area contributed by atoms with Crippen molar-refractivity contribution in [2.75, 3.05) is 6.61 Å². The van der Waals surface area contributed by atoms with Crippen molar-refractivity contribution in [3.8, 4) is 0 Å². The van der Waals surface area contributed by atoms with Crippen molar-refractivity contribution in [1.82, 2.24) is 0 Å². The smallest absolute Gasteiger partial charge is 0.282 e. The Balaban J connectivity index is 2.62. The normalized spacial score (nSPS) is 12.5. The maximum atomic E-state index is 10.7. The molecule has 0 spiro atoms. The summed E-state index contributed by atoms with van der Waals surface area (Å²) in [5.74, 6) is 0. The zero-order chi connectivity index (χ0) is 12.2. The van der Waals surface area contributed by atoms with Crippen molar-refractivity contribution >= 4 is 18.4 Å². The second kappa shape index (κ2) is 5.47. The SMILES string of the molecule is O=[P+](O)OCCc1ccc(S(=O)(=O)O)cc1. The first-order valence-electron chi connectivity index (χ1n) is 4.25. The van der Waals surface area contributed by atoms with Crippen molar-refractivity contribution < 1.29 is 27.0 Å². The van der Waals surface area contributed by atoms with E-state index in [1.54, 1.807) is 0 Å². The molecule has 0 saturated carbocycles. The highest BCUT2D eigenvalue weighted by molar-refractivity contribution is 7.85. The van der Waals surface area contributed by atoms with Crippen LogP contribution in [0.2, 0.25) is 0 Å². The Morgan fingerprint density at radius 2 is 1.81 bits per heavy atom. The lowest BCUT2D eigenvalue weighted by Crippen LogP contribution is -1.99. The van der Waals surface area contributed by atoms with E-state index in [2.05, 4.69) is 4.52 Å². The van der Waals surface area contributed by atoms with Gasteiger partial charge in [-0.2, -0.15) is 8.42 Å². The van der Waals surface area contributed by atoms with E-state index in [1.165, 1.54) is 24.3 Å². The molecule has 0 aliphatic carbocycles. The Kier molecular flexibility index (Phi) is 4.52. The van der Waals surface area contributed by atoms with Crippen LogP contribution in [0.5, 0.6) is 0 Å². The van der Waals surface area contributed by atoms with Crippen LogP contribution in [0.3, 0.4) is 0 Å². The zero-order valence-corrected chi connectivity index (χ0v) is 9.82. The van der Waals surface area contributed by atoms with Gasteiger partial charge >= 0.3 is 8.25 Å². The molecular formula is C8H10O6PS+. The third-order valence-electron chi connectivity index (χ3n) is 1.81. The minimum Gasteiger partial charge on any atom is -0.282 e. The van der Waals surface area contributed by atoms with Gasteiger partial charge in [-0.05, 0) is 17.7 Å². The van der Waals surface area contributed by atoms with Crippen LogP contribution < -0.4 is 0 Å². The molecule has 0 aliphatic heterocycles. The molecule has 0 radical (unpaired) electrons. The lowest BCUT2D eigenvalue weighted by Gasteiger charge is -1.99. The van der Waals surface area contributed by atoms with Crippen molar-refractivity contribution in [1.29, 1.82) is 0 Å². The quantitative estimate of drug-likeness (QED) is 0.611. The van der Waals surface area contributed by atoms with Gasteiger partial charge < -0.3 is 0 Å². The fourth-order valence-electron chi connectivity index (χ4n) is 1.07. The number of hydrogen-bond acceptors (Lipinski definition) is 4. The van der Waals surface area contributed by atoms with Gasteiger partial charge in [0.1, 0.15) is 6.61 Å². The first-order chi connectivity index (χ1) is 7.39. The van der Waals surface area contributed by atoms with Crippen LogP contribution in [-0.2, 0) is 25.6 Å². The van der Waals surface area contributed by atoms with Crippen LogP contribution in [0.15, 0.2) is 29.2 Å². The second-order valence-corrected chi connectivity index (χ2v) is 5.10. The number of rotatable bonds is 5. The molecule has 8 heteroatoms. The summed E-state index contributed by atoms with van der Waals surface area (Å²) in [6.07, 6.45) is 0.382. The molecule has 1 rings (SSSR count). The van der Waals surface area contributed by atoms with E-state index in [1.807, 2.05) is 0 Å². The fraction of sp³-hybridized carbons (Fsp3) is 0.250. The van der Waals surface area contributed by atoms with Crippen LogP contribution in [0.1, 0.15) is 5.56 Å². The highest BCUT2D eigenvalue weighted by Crippen LogP contribution is 2.16. The molecule has 1 atom stereocenters. The van der Waals surface area contributed by atoms with Crippen LogP contribution in [0.4, 0.5) is 0 Å². The van der Waals surface area contributed by atoms with Crippen LogP contribution in [0.25, 0.3) is 0 Å². The van der Waals surface area contributed by atoms with Gasteiger partial charge in [0, 0.05) is 11.0 Å². The van der Waals surface area contributed by atoms with Crippen LogP contribution in [-0.4, -0.2) is 24.5 Å². The molecule has 0 aromatic heterocycles. The molecule has 88 valence electrons. The fourth-order valence-corrected chi connectivity index (χ4v) is 1.80. The largest absolute Gasteiger partial charge is 0.694 e. The van der Waals surface area contributed by atoms with Crippen LogP contribution in [0, 0.1) is 0 Å². The van der Waals surface area contributed by atoms with E-state index < -0.39 is 18.4 Å². The molecule has 1 aromatic carbocycles. The molecule has 6 nitrogen and oxygen atoms in total. The molecule has 1 unspecified atom stereocenters. The minimum absolute atomic E-state index is 0.0664. The first-order valence-corrected chi connectivity index (χ1v) is 6.82. The van der Waals surface area contributed by atoms with Gasteiger partial charge in [0.05, 0.1) is 4.90 Å². The second-order valence-electron chi connectivity index (χ2n) is 2.94. The molecule has 0 saturated heterocycles. The molecule has 0 heterocycles. The summed E-state index contributed by atoms with van der Waals surface area (Å²) < 4.78 is 44.7. The highest BCUT2D eigenvalue weighted by Gasteiger charge is 2.12. The summed E-state index contributed by atoms with van der Waals surface area (Å²) in [5.41, 5.74) is 0.740. The summed E-state index contributed by atoms with van der Waals surface area (Å²) in [4.78, 5) is 8.17. The topological polar surface area (TPSA) is 101 Å². The molecule has 16 heavy (non-hydrogen) atoms. The summed E-state index contributed by atoms with van der Waals surface area (Å²) in [6.45, 7) is 0.0664. The van der Waals surface area contributed by atoms with Gasteiger partial charge in [-0.1, -0.05) is 12.1 Å². The van der Waals surface area contributed by atoms with Gasteiger partial charge in [0.2, 0.25) is 0 Å². The van der Waals surface area contributed by atoms with Crippen molar-refractivity contribution in [3.05, 3.63) is 29.8 Å². The molecule has 1 aromatic rings. The predicted molar refractivity (Wildman–Crippen MR) is 55.7 cm³/mol. The van der Waals surface area contributed by atoms with E-state index in [9.17, 15) is 13.0 Å². The Morgan fingerprint density at radius 1 is 1.25 bits per heavy atom. The standard InChI is InChI=1S/C8H9O6PS/c9-15(10)14-6-5-7-1-3-8(4-2-7)16(11,12)13/h1-4H,5-6H2,(H-,9,10,11,12,13)/p+1. The molecular weight excluding hydrogens is 255 g/mol. The number of hydrogen-bond donors (Lipinski definition) is 2. The third kappa shape index (κ3) is 4.34. The van der Waals surface area contributed by atoms with E-state index in [0.717, 1.165) is 5.56 Å². The lowest BCUT2D eigenvalue weighted by atomic mass is 10.2. The van der Waals surface area contributed by atoms with Gasteiger partial charge in [0.25, 0.3) is 10.1 Å². The van der Waals surface area contributed by atoms with Crippen LogP contribution >= 0.6 is 8.25 Å². The molecule has 0 bridgehead atoms. The first kappa shape index (κ1) is 13.2. The van der Waals surface area contributed by atoms with Gasteiger partial charge in [-0.25, -0.2) is 0 Å². The maximum Gasteiger partial charge on any atom is 0.694 e. The van der Waals surface area contributed by atoms with Gasteiger partial charge in [-0.3, -0.25) is 4.55 Å². The Hall–Kier alpha value is -0.850. The van der Waals surface area contributed by atoms with Gasteiger partial charge in [0.15, 0.2) is 0 Å². The van der Waals surface area contributed by atoms with E-state index >= 15 is 0 Å². The average Bonchev–Trinajstić information content (AvgIpc) is 2.16. The van der Waals surface area contributed by atoms with Crippen molar-refractivity contribution in [2.24, 2.45) is 0 Å². The summed E-state index contributed by atoms with van der Waals surface area (Å²) in [5, 5.41) is 0. The molecule has 2 N–H and O–H groups in total. The highest BCUT2D eigenvalue weighted by atomic mass is 32.2. The molecule has 0 fully saturated rings. The number of benzene rings is 1. The summed E-state index contributed by atoms with van der Waals surface area (Å²) >= 11 is 0. The lowest BCUT2D eigenvalue weighted by molar-refractivity contribution is 0.285. The minimum atomic E-state index is -4.17. The Morgan fingerprint density at radius 3 is 2.25 bits per heavy atom. The molecule has 0 amide bonds. The third-order valence-corrected chi connectivity index (χ3v) is 3.09. The maximum absolute atomic E-state index is 10.7.